The molecule has 0 bridgehead atoms. The minimum atomic E-state index is -1.01. The number of carbonyl (C=O) groups is 2. The zero-order valence-electron chi connectivity index (χ0n) is 18.8. The lowest BCUT2D eigenvalue weighted by atomic mass is 10.1. The van der Waals surface area contributed by atoms with Crippen molar-refractivity contribution in [1.82, 2.24) is 24.8 Å². The van der Waals surface area contributed by atoms with Crippen LogP contribution in [-0.2, 0) is 19.0 Å². The fourth-order valence-electron chi connectivity index (χ4n) is 4.21. The zero-order chi connectivity index (χ0) is 24.4. The topological polar surface area (TPSA) is 150 Å². The van der Waals surface area contributed by atoms with Crippen molar-refractivity contribution in [3.8, 4) is 0 Å². The highest BCUT2D eigenvalue weighted by Gasteiger charge is 2.53. The number of nitrogens with zero attached hydrogens (tertiary/aromatic N) is 4. The van der Waals surface area contributed by atoms with E-state index in [9.17, 15) is 14.7 Å². The number of anilines is 1. The number of ether oxygens (including phenoxy) is 3. The first-order chi connectivity index (χ1) is 17.0. The van der Waals surface area contributed by atoms with E-state index in [1.54, 1.807) is 17.6 Å². The second kappa shape index (κ2) is 9.78. The normalized spacial score (nSPS) is 25.7. The van der Waals surface area contributed by atoms with E-state index in [0.717, 1.165) is 5.56 Å². The fraction of sp³-hybridized carbons (Fsp3) is 0.348. The molecule has 5 atom stereocenters. The van der Waals surface area contributed by atoms with E-state index in [4.69, 9.17) is 14.2 Å². The van der Waals surface area contributed by atoms with Gasteiger partial charge in [-0.25, -0.2) is 19.7 Å². The molecule has 12 heteroatoms. The molecule has 4 heterocycles. The van der Waals surface area contributed by atoms with E-state index in [2.05, 4.69) is 25.6 Å². The summed E-state index contributed by atoms with van der Waals surface area (Å²) in [6.07, 6.45) is 2.88. The Kier molecular flexibility index (Phi) is 6.40. The molecular weight excluding hydrogens is 456 g/mol. The number of fused-ring (bicyclic) bond motifs is 2. The summed E-state index contributed by atoms with van der Waals surface area (Å²) in [5, 5.41) is 14.7. The van der Waals surface area contributed by atoms with E-state index in [0.29, 0.717) is 17.7 Å². The van der Waals surface area contributed by atoms with E-state index >= 15 is 0 Å². The largest absolute Gasteiger partial charge is 0.481 e. The fourth-order valence-corrected chi connectivity index (χ4v) is 4.21. The predicted octanol–water partition coefficient (Wildman–Crippen LogP) is 2.16. The zero-order valence-corrected chi connectivity index (χ0v) is 18.8. The number of aromatic nitrogens is 4. The molecule has 2 amide bonds. The van der Waals surface area contributed by atoms with Crippen LogP contribution in [0.2, 0.25) is 0 Å². The van der Waals surface area contributed by atoms with Gasteiger partial charge in [-0.05, 0) is 18.6 Å². The minimum absolute atomic E-state index is 0.239. The number of carboxylic acid groups (broad SMARTS) is 1. The van der Waals surface area contributed by atoms with Crippen LogP contribution >= 0.6 is 0 Å². The molecule has 3 N–H and O–H groups in total. The van der Waals surface area contributed by atoms with Gasteiger partial charge in [0.05, 0.1) is 18.9 Å². The molecular formula is C23H24N6O6. The van der Waals surface area contributed by atoms with Crippen molar-refractivity contribution < 1.29 is 28.9 Å². The molecule has 0 aliphatic carbocycles. The van der Waals surface area contributed by atoms with Gasteiger partial charge in [0, 0.05) is 6.54 Å². The highest BCUT2D eigenvalue weighted by Crippen LogP contribution is 2.42. The molecule has 182 valence electrons. The molecule has 2 aliphatic rings. The standard InChI is InChI=1S/C23H24N6O6/c1-2-24-23(32)28-20-17-21(26-11-25-20)29(12-27-17)22-19-18(14(33-22)10-15(30)31)34-16(35-19)9-8-13-6-4-3-5-7-13/h3-9,11-12,14,16,18-19,22H,2,10H2,1H3,(H,30,31)(H2,24,25,26,28,32)/t14?,16-,18?,19?,22?/m0/s1. The quantitative estimate of drug-likeness (QED) is 0.462. The van der Waals surface area contributed by atoms with Crippen molar-refractivity contribution >= 4 is 35.1 Å². The van der Waals surface area contributed by atoms with Crippen molar-refractivity contribution in [3.05, 3.63) is 54.6 Å². The Bertz CT molecular complexity index is 1250. The highest BCUT2D eigenvalue weighted by molar-refractivity contribution is 5.95. The molecule has 0 spiro atoms. The third-order valence-corrected chi connectivity index (χ3v) is 5.69. The van der Waals surface area contributed by atoms with E-state index in [1.165, 1.54) is 12.7 Å². The molecule has 0 radical (unpaired) electrons. The van der Waals surface area contributed by atoms with Crippen molar-refractivity contribution in [2.24, 2.45) is 0 Å². The molecule has 2 saturated heterocycles. The van der Waals surface area contributed by atoms with Crippen LogP contribution in [0.15, 0.2) is 49.1 Å². The first-order valence-corrected chi connectivity index (χ1v) is 11.2. The van der Waals surface area contributed by atoms with Crippen LogP contribution in [0.1, 0.15) is 25.1 Å². The van der Waals surface area contributed by atoms with Crippen molar-refractivity contribution in [3.63, 3.8) is 0 Å². The number of carboxylic acids is 1. The Morgan fingerprint density at radius 2 is 1.91 bits per heavy atom. The second-order valence-electron chi connectivity index (χ2n) is 8.03. The van der Waals surface area contributed by atoms with Gasteiger partial charge >= 0.3 is 12.0 Å². The van der Waals surface area contributed by atoms with Gasteiger partial charge in [-0.15, -0.1) is 0 Å². The third kappa shape index (κ3) is 4.71. The summed E-state index contributed by atoms with van der Waals surface area (Å²) < 4.78 is 19.9. The Balaban J connectivity index is 1.41. The molecule has 1 aromatic carbocycles. The maximum Gasteiger partial charge on any atom is 0.320 e. The Labute approximate surface area is 199 Å². The van der Waals surface area contributed by atoms with Crippen LogP contribution in [0.25, 0.3) is 17.2 Å². The Morgan fingerprint density at radius 3 is 2.69 bits per heavy atom. The maximum atomic E-state index is 12.0. The highest BCUT2D eigenvalue weighted by atomic mass is 16.8. The monoisotopic (exact) mass is 480 g/mol. The molecule has 3 aromatic rings. The van der Waals surface area contributed by atoms with Gasteiger partial charge in [0.15, 0.2) is 29.5 Å². The van der Waals surface area contributed by atoms with E-state index in [-0.39, 0.29) is 12.2 Å². The number of nitrogens with one attached hydrogen (secondary N) is 2. The summed E-state index contributed by atoms with van der Waals surface area (Å²) in [7, 11) is 0. The number of carbonyl (C=O) groups excluding carboxylic acids is 1. The van der Waals surface area contributed by atoms with Crippen molar-refractivity contribution in [1.29, 1.82) is 0 Å². The molecule has 12 nitrogen and oxygen atoms in total. The average Bonchev–Trinajstić information content (AvgIpc) is 3.53. The number of aliphatic carboxylic acids is 1. The first-order valence-electron chi connectivity index (χ1n) is 11.2. The third-order valence-electron chi connectivity index (χ3n) is 5.69. The molecule has 2 fully saturated rings. The number of rotatable bonds is 7. The second-order valence-corrected chi connectivity index (χ2v) is 8.03. The number of hydrogen-bond donors (Lipinski definition) is 3. The van der Waals surface area contributed by atoms with Crippen LogP contribution in [0.3, 0.4) is 0 Å². The number of amides is 2. The van der Waals surface area contributed by atoms with Crippen molar-refractivity contribution in [2.75, 3.05) is 11.9 Å². The smallest absolute Gasteiger partial charge is 0.320 e. The number of urea groups is 1. The molecule has 35 heavy (non-hydrogen) atoms. The van der Waals surface area contributed by atoms with Gasteiger partial charge in [-0.2, -0.15) is 0 Å². The summed E-state index contributed by atoms with van der Waals surface area (Å²) in [4.78, 5) is 36.2. The molecule has 2 aromatic heterocycles. The predicted molar refractivity (Wildman–Crippen MR) is 123 cm³/mol. The van der Waals surface area contributed by atoms with Crippen LogP contribution in [0.5, 0.6) is 0 Å². The lowest BCUT2D eigenvalue weighted by Crippen LogP contribution is -2.30. The van der Waals surface area contributed by atoms with Gasteiger partial charge in [-0.3, -0.25) is 14.7 Å². The van der Waals surface area contributed by atoms with Crippen molar-refractivity contribution in [2.45, 2.75) is 44.2 Å². The number of hydrogen-bond acceptors (Lipinski definition) is 8. The molecule has 5 rings (SSSR count). The first kappa shape index (κ1) is 22.9. The number of imidazole rings is 1. The lowest BCUT2D eigenvalue weighted by molar-refractivity contribution is -0.149. The van der Waals surface area contributed by atoms with Gasteiger partial charge in [0.1, 0.15) is 18.5 Å². The lowest BCUT2D eigenvalue weighted by Gasteiger charge is -2.19. The number of benzene rings is 1. The summed E-state index contributed by atoms with van der Waals surface area (Å²) in [5.41, 5.74) is 1.74. The minimum Gasteiger partial charge on any atom is -0.481 e. The summed E-state index contributed by atoms with van der Waals surface area (Å²) >= 11 is 0. The van der Waals surface area contributed by atoms with Gasteiger partial charge in [0.2, 0.25) is 0 Å². The average molecular weight is 480 g/mol. The van der Waals surface area contributed by atoms with Crippen LogP contribution in [-0.4, -0.2) is 67.8 Å². The summed E-state index contributed by atoms with van der Waals surface area (Å²) in [6.45, 7) is 2.26. The Hall–Kier alpha value is -3.87. The van der Waals surface area contributed by atoms with Crippen LogP contribution in [0.4, 0.5) is 10.6 Å². The van der Waals surface area contributed by atoms with E-state index < -0.39 is 42.8 Å². The van der Waals surface area contributed by atoms with Gasteiger partial charge < -0.3 is 24.6 Å². The SMILES string of the molecule is CCNC(=O)Nc1ncnc2c1ncn2C1OC(CC(=O)O)C2O[C@H](C=Cc3ccccc3)OC21. The Morgan fingerprint density at radius 1 is 1.11 bits per heavy atom. The molecule has 2 aliphatic heterocycles. The maximum absolute atomic E-state index is 12.0. The van der Waals surface area contributed by atoms with Gasteiger partial charge in [-0.1, -0.05) is 36.4 Å². The van der Waals surface area contributed by atoms with E-state index in [1.807, 2.05) is 36.4 Å². The molecule has 0 saturated carbocycles. The molecule has 4 unspecified atom stereocenters. The van der Waals surface area contributed by atoms with Crippen LogP contribution < -0.4 is 10.6 Å². The van der Waals surface area contributed by atoms with Crippen LogP contribution in [0, 0.1) is 0 Å². The summed E-state index contributed by atoms with van der Waals surface area (Å²) in [5.74, 6) is -0.767. The summed E-state index contributed by atoms with van der Waals surface area (Å²) in [6, 6.07) is 9.28. The van der Waals surface area contributed by atoms with Gasteiger partial charge in [0.25, 0.3) is 0 Å².